The van der Waals surface area contributed by atoms with Gasteiger partial charge in [0.25, 0.3) is 0 Å². The molecule has 1 atom stereocenters. The highest BCUT2D eigenvalue weighted by Gasteiger charge is 2.29. The first-order valence-corrected chi connectivity index (χ1v) is 6.15. The van der Waals surface area contributed by atoms with Crippen molar-refractivity contribution in [1.82, 2.24) is 5.32 Å². The second kappa shape index (κ2) is 5.84. The van der Waals surface area contributed by atoms with E-state index in [4.69, 9.17) is 9.84 Å². The van der Waals surface area contributed by atoms with E-state index in [1.807, 2.05) is 31.2 Å². The maximum Gasteiger partial charge on any atom is 0.246 e. The molecule has 1 fully saturated rings. The number of aliphatic hydroxyl groups is 1. The van der Waals surface area contributed by atoms with Crippen molar-refractivity contribution in [3.8, 4) is 5.75 Å². The Morgan fingerprint density at radius 3 is 3.00 bits per heavy atom. The lowest BCUT2D eigenvalue weighted by Crippen LogP contribution is -2.56. The number of hydrogen-bond donors (Lipinski definition) is 2. The number of hydrogen-bond acceptors (Lipinski definition) is 4. The van der Waals surface area contributed by atoms with E-state index in [-0.39, 0.29) is 12.5 Å². The van der Waals surface area contributed by atoms with E-state index in [9.17, 15) is 4.79 Å². The summed E-state index contributed by atoms with van der Waals surface area (Å²) in [6.45, 7) is 3.52. The second-order valence-electron chi connectivity index (χ2n) is 4.08. The Kier molecular flexibility index (Phi) is 4.17. The largest absolute Gasteiger partial charge is 0.492 e. The van der Waals surface area contributed by atoms with Crippen molar-refractivity contribution in [2.45, 2.75) is 13.0 Å². The topological polar surface area (TPSA) is 61.8 Å². The Labute approximate surface area is 106 Å². The van der Waals surface area contributed by atoms with Crippen molar-refractivity contribution < 1.29 is 14.6 Å². The van der Waals surface area contributed by atoms with Crippen molar-refractivity contribution in [2.75, 3.05) is 31.2 Å². The second-order valence-corrected chi connectivity index (χ2v) is 4.08. The van der Waals surface area contributed by atoms with Gasteiger partial charge < -0.3 is 20.1 Å². The quantitative estimate of drug-likeness (QED) is 0.811. The Morgan fingerprint density at radius 2 is 2.28 bits per heavy atom. The van der Waals surface area contributed by atoms with Crippen molar-refractivity contribution in [1.29, 1.82) is 0 Å². The van der Waals surface area contributed by atoms with Crippen molar-refractivity contribution in [2.24, 2.45) is 0 Å². The van der Waals surface area contributed by atoms with Crippen LogP contribution in [0.1, 0.15) is 6.92 Å². The van der Waals surface area contributed by atoms with Crippen LogP contribution in [0, 0.1) is 0 Å². The first kappa shape index (κ1) is 12.9. The standard InChI is InChI=1S/C13H18N2O3/c1-2-18-12-6-4-3-5-11(12)15-8-7-14-10(9-16)13(15)17/h3-6,10,14,16H,2,7-9H2,1H3. The SMILES string of the molecule is CCOc1ccccc1N1CCNC(CO)C1=O. The summed E-state index contributed by atoms with van der Waals surface area (Å²) in [5, 5.41) is 12.1. The highest BCUT2D eigenvalue weighted by molar-refractivity contribution is 5.99. The number of rotatable bonds is 4. The van der Waals surface area contributed by atoms with E-state index < -0.39 is 6.04 Å². The zero-order valence-corrected chi connectivity index (χ0v) is 10.4. The summed E-state index contributed by atoms with van der Waals surface area (Å²) in [7, 11) is 0. The van der Waals surface area contributed by atoms with Crippen molar-refractivity contribution in [3.05, 3.63) is 24.3 Å². The molecule has 1 amide bonds. The van der Waals surface area contributed by atoms with Crippen LogP contribution in [0.25, 0.3) is 0 Å². The average molecular weight is 250 g/mol. The first-order valence-electron chi connectivity index (χ1n) is 6.15. The Bertz CT molecular complexity index is 422. The van der Waals surface area contributed by atoms with Gasteiger partial charge in [-0.05, 0) is 19.1 Å². The molecule has 1 aliphatic heterocycles. The van der Waals surface area contributed by atoms with Gasteiger partial charge in [0.1, 0.15) is 11.8 Å². The van der Waals surface area contributed by atoms with Gasteiger partial charge in [-0.3, -0.25) is 4.79 Å². The van der Waals surface area contributed by atoms with E-state index in [1.165, 1.54) is 0 Å². The van der Waals surface area contributed by atoms with Crippen LogP contribution < -0.4 is 15.0 Å². The maximum absolute atomic E-state index is 12.2. The third kappa shape index (κ3) is 2.47. The molecular weight excluding hydrogens is 232 g/mol. The zero-order valence-electron chi connectivity index (χ0n) is 10.4. The molecule has 1 aromatic carbocycles. The van der Waals surface area contributed by atoms with Gasteiger partial charge in [0.05, 0.1) is 18.9 Å². The van der Waals surface area contributed by atoms with Crippen LogP contribution in [0.3, 0.4) is 0 Å². The third-order valence-corrected chi connectivity index (χ3v) is 2.93. The summed E-state index contributed by atoms with van der Waals surface area (Å²) in [4.78, 5) is 13.8. The number of ether oxygens (including phenoxy) is 1. The van der Waals surface area contributed by atoms with Gasteiger partial charge in [0.2, 0.25) is 5.91 Å². The van der Waals surface area contributed by atoms with Crippen LogP contribution in [0.2, 0.25) is 0 Å². The number of amides is 1. The maximum atomic E-state index is 12.2. The summed E-state index contributed by atoms with van der Waals surface area (Å²) >= 11 is 0. The molecule has 18 heavy (non-hydrogen) atoms. The highest BCUT2D eigenvalue weighted by Crippen LogP contribution is 2.29. The molecule has 1 saturated heterocycles. The number of aliphatic hydroxyl groups excluding tert-OH is 1. The van der Waals surface area contributed by atoms with Crippen LogP contribution in [0.4, 0.5) is 5.69 Å². The predicted molar refractivity (Wildman–Crippen MR) is 68.8 cm³/mol. The monoisotopic (exact) mass is 250 g/mol. The van der Waals surface area contributed by atoms with Crippen LogP contribution in [-0.4, -0.2) is 43.4 Å². The number of para-hydroxylation sites is 2. The number of nitrogens with one attached hydrogen (secondary N) is 1. The molecule has 5 nitrogen and oxygen atoms in total. The molecular formula is C13H18N2O3. The fourth-order valence-corrected chi connectivity index (χ4v) is 2.08. The molecule has 1 heterocycles. The highest BCUT2D eigenvalue weighted by atomic mass is 16.5. The Hall–Kier alpha value is -1.59. The molecule has 2 N–H and O–H groups in total. The smallest absolute Gasteiger partial charge is 0.246 e. The number of carbonyl (C=O) groups excluding carboxylic acids is 1. The number of nitrogens with zero attached hydrogens (tertiary/aromatic N) is 1. The summed E-state index contributed by atoms with van der Waals surface area (Å²) in [6, 6.07) is 6.95. The lowest BCUT2D eigenvalue weighted by molar-refractivity contribution is -0.122. The average Bonchev–Trinajstić information content (AvgIpc) is 2.40. The molecule has 0 bridgehead atoms. The normalized spacial score (nSPS) is 20.0. The van der Waals surface area contributed by atoms with Crippen LogP contribution >= 0.6 is 0 Å². The van der Waals surface area contributed by atoms with Crippen molar-refractivity contribution in [3.63, 3.8) is 0 Å². The number of anilines is 1. The van der Waals surface area contributed by atoms with E-state index in [0.717, 1.165) is 5.69 Å². The molecule has 2 rings (SSSR count). The Balaban J connectivity index is 2.27. The van der Waals surface area contributed by atoms with E-state index in [1.54, 1.807) is 4.90 Å². The van der Waals surface area contributed by atoms with Crippen LogP contribution in [0.5, 0.6) is 5.75 Å². The van der Waals surface area contributed by atoms with Gasteiger partial charge in [-0.25, -0.2) is 0 Å². The van der Waals surface area contributed by atoms with Crippen LogP contribution in [-0.2, 0) is 4.79 Å². The van der Waals surface area contributed by atoms with E-state index in [0.29, 0.717) is 25.4 Å². The van der Waals surface area contributed by atoms with Gasteiger partial charge in [-0.2, -0.15) is 0 Å². The number of benzene rings is 1. The molecule has 0 aliphatic carbocycles. The molecule has 98 valence electrons. The van der Waals surface area contributed by atoms with Gasteiger partial charge in [-0.15, -0.1) is 0 Å². The zero-order chi connectivity index (χ0) is 13.0. The van der Waals surface area contributed by atoms with Gasteiger partial charge in [-0.1, -0.05) is 12.1 Å². The molecule has 1 aliphatic rings. The minimum absolute atomic E-state index is 0.115. The Morgan fingerprint density at radius 1 is 1.50 bits per heavy atom. The lowest BCUT2D eigenvalue weighted by Gasteiger charge is -2.33. The molecule has 0 aromatic heterocycles. The van der Waals surface area contributed by atoms with E-state index in [2.05, 4.69) is 5.32 Å². The van der Waals surface area contributed by atoms with Crippen LogP contribution in [0.15, 0.2) is 24.3 Å². The molecule has 1 unspecified atom stereocenters. The van der Waals surface area contributed by atoms with E-state index >= 15 is 0 Å². The van der Waals surface area contributed by atoms with Crippen molar-refractivity contribution >= 4 is 11.6 Å². The fourth-order valence-electron chi connectivity index (χ4n) is 2.08. The molecule has 0 spiro atoms. The molecule has 1 aromatic rings. The third-order valence-electron chi connectivity index (χ3n) is 2.93. The van der Waals surface area contributed by atoms with Gasteiger partial charge in [0.15, 0.2) is 0 Å². The molecule has 5 heteroatoms. The summed E-state index contributed by atoms with van der Waals surface area (Å²) in [5.74, 6) is 0.586. The number of carbonyl (C=O) groups is 1. The minimum Gasteiger partial charge on any atom is -0.492 e. The predicted octanol–water partition coefficient (Wildman–Crippen LogP) is 0.382. The minimum atomic E-state index is -0.520. The molecule has 0 radical (unpaired) electrons. The number of piperazine rings is 1. The lowest BCUT2D eigenvalue weighted by atomic mass is 10.1. The van der Waals surface area contributed by atoms with Gasteiger partial charge >= 0.3 is 0 Å². The summed E-state index contributed by atoms with van der Waals surface area (Å²) in [5.41, 5.74) is 0.768. The van der Waals surface area contributed by atoms with Gasteiger partial charge in [0, 0.05) is 13.1 Å². The fraction of sp³-hybridized carbons (Fsp3) is 0.462. The summed E-state index contributed by atoms with van der Waals surface area (Å²) in [6.07, 6.45) is 0. The molecule has 0 saturated carbocycles. The summed E-state index contributed by atoms with van der Waals surface area (Å²) < 4.78 is 5.53. The first-order chi connectivity index (χ1) is 8.77.